The van der Waals surface area contributed by atoms with Crippen molar-refractivity contribution >= 4 is 5.91 Å². The van der Waals surface area contributed by atoms with E-state index in [1.54, 1.807) is 0 Å². The first-order chi connectivity index (χ1) is 7.65. The molecule has 4 nitrogen and oxygen atoms in total. The minimum atomic E-state index is -0.135. The first kappa shape index (κ1) is 11.2. The van der Waals surface area contributed by atoms with Crippen LogP contribution in [-0.2, 0) is 11.2 Å². The van der Waals surface area contributed by atoms with Crippen LogP contribution in [0.1, 0.15) is 25.5 Å². The molecule has 3 N–H and O–H groups in total. The molecule has 2 rings (SSSR count). The number of nitrogens with two attached hydrogens (primary N) is 1. The highest BCUT2D eigenvalue weighted by molar-refractivity contribution is 5.79. The Morgan fingerprint density at radius 2 is 2.50 bits per heavy atom. The molecule has 1 aliphatic rings. The maximum Gasteiger partial charge on any atom is 0.228 e. The number of rotatable bonds is 3. The van der Waals surface area contributed by atoms with Gasteiger partial charge < -0.3 is 15.6 Å². The average Bonchev–Trinajstić information content (AvgIpc) is 2.88. The highest BCUT2D eigenvalue weighted by Crippen LogP contribution is 2.28. The Bertz CT molecular complexity index is 360. The van der Waals surface area contributed by atoms with Gasteiger partial charge in [-0.15, -0.1) is 0 Å². The highest BCUT2D eigenvalue weighted by atomic mass is 16.2. The Morgan fingerprint density at radius 3 is 3.12 bits per heavy atom. The third kappa shape index (κ3) is 1.97. The van der Waals surface area contributed by atoms with Gasteiger partial charge in [-0.1, -0.05) is 0 Å². The van der Waals surface area contributed by atoms with Crippen LogP contribution in [0.15, 0.2) is 18.3 Å². The number of amides is 1. The molecule has 1 amide bonds. The minimum Gasteiger partial charge on any atom is -0.365 e. The van der Waals surface area contributed by atoms with Crippen molar-refractivity contribution in [1.82, 2.24) is 9.88 Å². The number of hydrogen-bond donors (Lipinski definition) is 2. The average molecular weight is 221 g/mol. The molecule has 1 saturated heterocycles. The van der Waals surface area contributed by atoms with Gasteiger partial charge in [0.25, 0.3) is 0 Å². The molecule has 1 atom stereocenters. The SMILES string of the molecule is CC1(CN)CCCN1C(=O)Cc1ccc[nH]1. The molecule has 0 spiro atoms. The summed E-state index contributed by atoms with van der Waals surface area (Å²) in [4.78, 5) is 17.1. The summed E-state index contributed by atoms with van der Waals surface area (Å²) in [5.41, 5.74) is 6.60. The predicted octanol–water partition coefficient (Wildman–Crippen LogP) is 0.897. The Balaban J connectivity index is 2.04. The fourth-order valence-corrected chi connectivity index (χ4v) is 2.40. The quantitative estimate of drug-likeness (QED) is 0.796. The summed E-state index contributed by atoms with van der Waals surface area (Å²) in [6, 6.07) is 3.85. The summed E-state index contributed by atoms with van der Waals surface area (Å²) >= 11 is 0. The molecule has 0 radical (unpaired) electrons. The molecule has 1 aliphatic heterocycles. The van der Waals surface area contributed by atoms with Crippen LogP contribution in [0.25, 0.3) is 0 Å². The van der Waals surface area contributed by atoms with E-state index in [9.17, 15) is 4.79 Å². The Hall–Kier alpha value is -1.29. The second-order valence-corrected chi connectivity index (χ2v) is 4.72. The van der Waals surface area contributed by atoms with Gasteiger partial charge in [0.1, 0.15) is 0 Å². The van der Waals surface area contributed by atoms with Gasteiger partial charge in [-0.3, -0.25) is 4.79 Å². The minimum absolute atomic E-state index is 0.135. The lowest BCUT2D eigenvalue weighted by Gasteiger charge is -2.34. The lowest BCUT2D eigenvalue weighted by atomic mass is 9.99. The topological polar surface area (TPSA) is 62.1 Å². The fraction of sp³-hybridized carbons (Fsp3) is 0.583. The predicted molar refractivity (Wildman–Crippen MR) is 62.9 cm³/mol. The van der Waals surface area contributed by atoms with Gasteiger partial charge in [-0.25, -0.2) is 0 Å². The molecule has 0 aliphatic carbocycles. The third-order valence-corrected chi connectivity index (χ3v) is 3.49. The summed E-state index contributed by atoms with van der Waals surface area (Å²) in [5, 5.41) is 0. The smallest absolute Gasteiger partial charge is 0.228 e. The molecule has 4 heteroatoms. The van der Waals surface area contributed by atoms with Gasteiger partial charge in [-0.05, 0) is 31.9 Å². The van der Waals surface area contributed by atoms with E-state index in [1.807, 2.05) is 23.2 Å². The van der Waals surface area contributed by atoms with E-state index in [2.05, 4.69) is 11.9 Å². The Labute approximate surface area is 95.8 Å². The lowest BCUT2D eigenvalue weighted by Crippen LogP contribution is -2.50. The molecule has 1 aromatic rings. The van der Waals surface area contributed by atoms with Crippen LogP contribution in [0.2, 0.25) is 0 Å². The molecule has 1 unspecified atom stereocenters. The maximum absolute atomic E-state index is 12.1. The van der Waals surface area contributed by atoms with Crippen molar-refractivity contribution in [3.05, 3.63) is 24.0 Å². The van der Waals surface area contributed by atoms with Gasteiger partial charge >= 0.3 is 0 Å². The number of H-pyrrole nitrogens is 1. The Morgan fingerprint density at radius 1 is 1.69 bits per heavy atom. The largest absolute Gasteiger partial charge is 0.365 e. The molecule has 0 aromatic carbocycles. The Kier molecular flexibility index (Phi) is 3.01. The van der Waals surface area contributed by atoms with Crippen LogP contribution in [0.3, 0.4) is 0 Å². The van der Waals surface area contributed by atoms with Crippen LogP contribution in [-0.4, -0.2) is 34.4 Å². The van der Waals surface area contributed by atoms with Crippen molar-refractivity contribution in [3.8, 4) is 0 Å². The van der Waals surface area contributed by atoms with Crippen molar-refractivity contribution in [2.24, 2.45) is 5.73 Å². The van der Waals surface area contributed by atoms with Crippen molar-refractivity contribution in [2.75, 3.05) is 13.1 Å². The molecular formula is C12H19N3O. The van der Waals surface area contributed by atoms with E-state index >= 15 is 0 Å². The standard InChI is InChI=1S/C12H19N3O/c1-12(9-13)5-3-7-15(12)11(16)8-10-4-2-6-14-10/h2,4,6,14H,3,5,7-9,13H2,1H3. The summed E-state index contributed by atoms with van der Waals surface area (Å²) in [6.07, 6.45) is 4.36. The molecule has 1 fully saturated rings. The normalized spacial score (nSPS) is 25.0. The summed E-state index contributed by atoms with van der Waals surface area (Å²) in [7, 11) is 0. The summed E-state index contributed by atoms with van der Waals surface area (Å²) < 4.78 is 0. The number of nitrogens with zero attached hydrogens (tertiary/aromatic N) is 1. The monoisotopic (exact) mass is 221 g/mol. The van der Waals surface area contributed by atoms with E-state index in [1.165, 1.54) is 0 Å². The van der Waals surface area contributed by atoms with Gasteiger partial charge in [0.15, 0.2) is 0 Å². The van der Waals surface area contributed by atoms with E-state index in [0.29, 0.717) is 13.0 Å². The number of hydrogen-bond acceptors (Lipinski definition) is 2. The molecule has 88 valence electrons. The molecule has 1 aromatic heterocycles. The van der Waals surface area contributed by atoms with E-state index in [4.69, 9.17) is 5.73 Å². The van der Waals surface area contributed by atoms with Crippen molar-refractivity contribution in [2.45, 2.75) is 31.7 Å². The maximum atomic E-state index is 12.1. The van der Waals surface area contributed by atoms with E-state index < -0.39 is 0 Å². The number of aromatic nitrogens is 1. The van der Waals surface area contributed by atoms with Gasteiger partial charge in [0.2, 0.25) is 5.91 Å². The zero-order valence-electron chi connectivity index (χ0n) is 9.70. The second-order valence-electron chi connectivity index (χ2n) is 4.72. The molecule has 16 heavy (non-hydrogen) atoms. The first-order valence-corrected chi connectivity index (χ1v) is 5.78. The van der Waals surface area contributed by atoms with E-state index in [0.717, 1.165) is 25.1 Å². The van der Waals surface area contributed by atoms with Crippen molar-refractivity contribution in [1.29, 1.82) is 0 Å². The molecular weight excluding hydrogens is 202 g/mol. The zero-order valence-corrected chi connectivity index (χ0v) is 9.70. The van der Waals surface area contributed by atoms with Crippen LogP contribution in [0.4, 0.5) is 0 Å². The highest BCUT2D eigenvalue weighted by Gasteiger charge is 2.38. The zero-order chi connectivity index (χ0) is 11.6. The summed E-state index contributed by atoms with van der Waals surface area (Å²) in [6.45, 7) is 3.46. The number of aromatic amines is 1. The molecule has 0 saturated carbocycles. The van der Waals surface area contributed by atoms with Crippen LogP contribution >= 0.6 is 0 Å². The van der Waals surface area contributed by atoms with Crippen LogP contribution in [0.5, 0.6) is 0 Å². The number of likely N-dealkylation sites (tertiary alicyclic amines) is 1. The summed E-state index contributed by atoms with van der Waals surface area (Å²) in [5.74, 6) is 0.174. The van der Waals surface area contributed by atoms with Gasteiger partial charge in [0.05, 0.1) is 12.0 Å². The van der Waals surface area contributed by atoms with E-state index in [-0.39, 0.29) is 11.4 Å². The number of carbonyl (C=O) groups is 1. The fourth-order valence-electron chi connectivity index (χ4n) is 2.40. The van der Waals surface area contributed by atoms with Gasteiger partial charge in [0, 0.05) is 25.0 Å². The van der Waals surface area contributed by atoms with Crippen molar-refractivity contribution < 1.29 is 4.79 Å². The van der Waals surface area contributed by atoms with Crippen molar-refractivity contribution in [3.63, 3.8) is 0 Å². The number of nitrogens with one attached hydrogen (secondary N) is 1. The molecule has 2 heterocycles. The molecule has 0 bridgehead atoms. The van der Waals surface area contributed by atoms with Crippen LogP contribution in [0, 0.1) is 0 Å². The van der Waals surface area contributed by atoms with Crippen LogP contribution < -0.4 is 5.73 Å². The first-order valence-electron chi connectivity index (χ1n) is 5.78. The number of carbonyl (C=O) groups excluding carboxylic acids is 1. The lowest BCUT2D eigenvalue weighted by molar-refractivity contribution is -0.133. The second kappa shape index (κ2) is 4.29. The van der Waals surface area contributed by atoms with Gasteiger partial charge in [-0.2, -0.15) is 0 Å². The third-order valence-electron chi connectivity index (χ3n) is 3.49.